The highest BCUT2D eigenvalue weighted by Gasteiger charge is 1.92. The van der Waals surface area contributed by atoms with Crippen molar-refractivity contribution in [2.24, 2.45) is 0 Å². The number of carboxylic acids is 1. The van der Waals surface area contributed by atoms with Gasteiger partial charge in [-0.3, -0.25) is 4.79 Å². The quantitative estimate of drug-likeness (QED) is 0.689. The Hall–Kier alpha value is -0.570. The van der Waals surface area contributed by atoms with Crippen molar-refractivity contribution in [2.75, 3.05) is 7.11 Å². The number of carbonyl (C=O) groups is 1. The average molecular weight is 162 g/mol. The molecule has 0 amide bonds. The van der Waals surface area contributed by atoms with E-state index in [9.17, 15) is 0 Å². The van der Waals surface area contributed by atoms with Crippen molar-refractivity contribution in [2.45, 2.75) is 39.7 Å². The topological polar surface area (TPSA) is 46.5 Å². The van der Waals surface area contributed by atoms with E-state index in [1.165, 1.54) is 12.8 Å². The Kier molecular flexibility index (Phi) is 11.2. The van der Waals surface area contributed by atoms with E-state index < -0.39 is 5.97 Å². The van der Waals surface area contributed by atoms with Gasteiger partial charge in [0.15, 0.2) is 0 Å². The lowest BCUT2D eigenvalue weighted by Crippen LogP contribution is -2.02. The monoisotopic (exact) mass is 162 g/mol. The summed E-state index contributed by atoms with van der Waals surface area (Å²) in [5.74, 6) is -0.833. The molecule has 0 radical (unpaired) electrons. The number of carboxylic acid groups (broad SMARTS) is 1. The number of aliphatic carboxylic acids is 1. The summed E-state index contributed by atoms with van der Waals surface area (Å²) in [6.07, 6.45) is 2.84. The van der Waals surface area contributed by atoms with Crippen LogP contribution in [-0.2, 0) is 9.53 Å². The molecule has 11 heavy (non-hydrogen) atoms. The van der Waals surface area contributed by atoms with E-state index in [4.69, 9.17) is 14.6 Å². The molecule has 1 N–H and O–H groups in total. The van der Waals surface area contributed by atoms with Gasteiger partial charge in [-0.05, 0) is 13.3 Å². The van der Waals surface area contributed by atoms with E-state index in [2.05, 4.69) is 13.8 Å². The minimum absolute atomic E-state index is 0.449. The van der Waals surface area contributed by atoms with Crippen LogP contribution in [0.15, 0.2) is 0 Å². The van der Waals surface area contributed by atoms with E-state index in [1.807, 2.05) is 0 Å². The molecule has 0 aliphatic carbocycles. The van der Waals surface area contributed by atoms with Gasteiger partial charge in [-0.1, -0.05) is 13.3 Å². The number of hydrogen-bond acceptors (Lipinski definition) is 2. The molecule has 0 spiro atoms. The Labute approximate surface area is 68.4 Å². The molecular weight excluding hydrogens is 144 g/mol. The van der Waals surface area contributed by atoms with E-state index in [-0.39, 0.29) is 0 Å². The zero-order valence-electron chi connectivity index (χ0n) is 7.76. The number of ether oxygens (including phenoxy) is 1. The smallest absolute Gasteiger partial charge is 0.300 e. The fraction of sp³-hybridized carbons (Fsp3) is 0.875. The molecule has 0 aromatic heterocycles. The molecule has 0 saturated carbocycles. The summed E-state index contributed by atoms with van der Waals surface area (Å²) in [6.45, 7) is 5.33. The van der Waals surface area contributed by atoms with E-state index in [1.54, 1.807) is 7.11 Å². The lowest BCUT2D eigenvalue weighted by atomic mass is 10.2. The highest BCUT2D eigenvalue weighted by molar-refractivity contribution is 5.62. The molecule has 3 nitrogen and oxygen atoms in total. The third-order valence-corrected chi connectivity index (χ3v) is 1.10. The standard InChI is InChI=1S/C6H14O.C2H4O2/c1-4-5-6(2)7-3;1-2(3)4/h6H,4-5H2,1-3H3;1H3,(H,3,4). The first-order valence-corrected chi connectivity index (χ1v) is 3.76. The lowest BCUT2D eigenvalue weighted by molar-refractivity contribution is -0.134. The number of hydrogen-bond donors (Lipinski definition) is 1. The van der Waals surface area contributed by atoms with Crippen LogP contribution in [0.5, 0.6) is 0 Å². The van der Waals surface area contributed by atoms with Crippen LogP contribution in [0.4, 0.5) is 0 Å². The Morgan fingerprint density at radius 3 is 2.09 bits per heavy atom. The summed E-state index contributed by atoms with van der Waals surface area (Å²) < 4.78 is 4.99. The van der Waals surface area contributed by atoms with Gasteiger partial charge in [-0.15, -0.1) is 0 Å². The highest BCUT2D eigenvalue weighted by atomic mass is 16.5. The van der Waals surface area contributed by atoms with Crippen LogP contribution in [0.3, 0.4) is 0 Å². The van der Waals surface area contributed by atoms with E-state index in [0.717, 1.165) is 6.92 Å². The second kappa shape index (κ2) is 9.43. The van der Waals surface area contributed by atoms with Crippen LogP contribution in [0.25, 0.3) is 0 Å². The Morgan fingerprint density at radius 2 is 2.00 bits per heavy atom. The van der Waals surface area contributed by atoms with Crippen molar-refractivity contribution in [3.05, 3.63) is 0 Å². The minimum Gasteiger partial charge on any atom is -0.481 e. The van der Waals surface area contributed by atoms with Crippen molar-refractivity contribution in [1.82, 2.24) is 0 Å². The maximum Gasteiger partial charge on any atom is 0.300 e. The molecule has 1 atom stereocenters. The Morgan fingerprint density at radius 1 is 1.64 bits per heavy atom. The largest absolute Gasteiger partial charge is 0.481 e. The maximum absolute atomic E-state index is 9.00. The van der Waals surface area contributed by atoms with Gasteiger partial charge >= 0.3 is 0 Å². The highest BCUT2D eigenvalue weighted by Crippen LogP contribution is 1.96. The molecule has 68 valence electrons. The van der Waals surface area contributed by atoms with Gasteiger partial charge in [0.2, 0.25) is 0 Å². The van der Waals surface area contributed by atoms with Crippen LogP contribution in [0.1, 0.15) is 33.6 Å². The van der Waals surface area contributed by atoms with Crippen LogP contribution < -0.4 is 0 Å². The van der Waals surface area contributed by atoms with Crippen LogP contribution in [-0.4, -0.2) is 24.3 Å². The molecule has 1 unspecified atom stereocenters. The van der Waals surface area contributed by atoms with Crippen LogP contribution in [0, 0.1) is 0 Å². The summed E-state index contributed by atoms with van der Waals surface area (Å²) in [5, 5.41) is 7.42. The summed E-state index contributed by atoms with van der Waals surface area (Å²) in [7, 11) is 1.75. The van der Waals surface area contributed by atoms with Crippen molar-refractivity contribution >= 4 is 5.97 Å². The Bertz CT molecular complexity index is 87.3. The van der Waals surface area contributed by atoms with Gasteiger partial charge in [-0.25, -0.2) is 0 Å². The van der Waals surface area contributed by atoms with Gasteiger partial charge in [0.25, 0.3) is 5.97 Å². The molecular formula is C8H18O3. The Balaban J connectivity index is 0. The number of methoxy groups -OCH3 is 1. The molecule has 0 bridgehead atoms. The summed E-state index contributed by atoms with van der Waals surface area (Å²) in [6, 6.07) is 0. The molecule has 3 heteroatoms. The van der Waals surface area contributed by atoms with Gasteiger partial charge in [0.05, 0.1) is 6.10 Å². The summed E-state index contributed by atoms with van der Waals surface area (Å²) in [5.41, 5.74) is 0. The predicted octanol–water partition coefficient (Wildman–Crippen LogP) is 1.91. The lowest BCUT2D eigenvalue weighted by Gasteiger charge is -2.04. The van der Waals surface area contributed by atoms with E-state index in [0.29, 0.717) is 6.10 Å². The summed E-state index contributed by atoms with van der Waals surface area (Å²) in [4.78, 5) is 9.00. The average Bonchev–Trinajstić information content (AvgIpc) is 1.87. The molecule has 0 saturated heterocycles. The molecule has 0 heterocycles. The molecule has 0 aliphatic rings. The van der Waals surface area contributed by atoms with Crippen LogP contribution in [0.2, 0.25) is 0 Å². The fourth-order valence-corrected chi connectivity index (χ4v) is 0.524. The molecule has 0 aliphatic heterocycles. The first-order chi connectivity index (χ1) is 5.04. The first kappa shape index (κ1) is 13.1. The first-order valence-electron chi connectivity index (χ1n) is 3.76. The SMILES string of the molecule is CC(=O)O.CCCC(C)OC. The van der Waals surface area contributed by atoms with Gasteiger partial charge in [0.1, 0.15) is 0 Å². The van der Waals surface area contributed by atoms with Crippen molar-refractivity contribution < 1.29 is 14.6 Å². The number of rotatable bonds is 3. The second-order valence-electron chi connectivity index (χ2n) is 2.35. The van der Waals surface area contributed by atoms with Gasteiger partial charge in [-0.2, -0.15) is 0 Å². The zero-order valence-corrected chi connectivity index (χ0v) is 7.76. The van der Waals surface area contributed by atoms with Crippen molar-refractivity contribution in [3.63, 3.8) is 0 Å². The maximum atomic E-state index is 9.00. The van der Waals surface area contributed by atoms with Crippen LogP contribution >= 0.6 is 0 Å². The predicted molar refractivity (Wildman–Crippen MR) is 44.7 cm³/mol. The minimum atomic E-state index is -0.833. The molecule has 0 rings (SSSR count). The third-order valence-electron chi connectivity index (χ3n) is 1.10. The van der Waals surface area contributed by atoms with Crippen molar-refractivity contribution in [3.8, 4) is 0 Å². The molecule has 0 aromatic carbocycles. The van der Waals surface area contributed by atoms with Crippen molar-refractivity contribution in [1.29, 1.82) is 0 Å². The molecule has 0 aromatic rings. The molecule has 0 fully saturated rings. The van der Waals surface area contributed by atoms with Gasteiger partial charge < -0.3 is 9.84 Å². The van der Waals surface area contributed by atoms with E-state index >= 15 is 0 Å². The second-order valence-corrected chi connectivity index (χ2v) is 2.35. The fourth-order valence-electron chi connectivity index (χ4n) is 0.524. The summed E-state index contributed by atoms with van der Waals surface area (Å²) >= 11 is 0. The zero-order chi connectivity index (χ0) is 9.28. The van der Waals surface area contributed by atoms with Gasteiger partial charge in [0, 0.05) is 14.0 Å². The normalized spacial score (nSPS) is 11.3. The third kappa shape index (κ3) is 26.5.